The zero-order valence-electron chi connectivity index (χ0n) is 14.0. The highest BCUT2D eigenvalue weighted by molar-refractivity contribution is 7.14. The number of oxazole rings is 1. The molecule has 0 N–H and O–H groups in total. The van der Waals surface area contributed by atoms with Crippen molar-refractivity contribution in [3.63, 3.8) is 0 Å². The van der Waals surface area contributed by atoms with Gasteiger partial charge in [-0.3, -0.25) is 4.79 Å². The first-order valence-corrected chi connectivity index (χ1v) is 8.40. The van der Waals surface area contributed by atoms with Gasteiger partial charge in [-0.05, 0) is 19.1 Å². The van der Waals surface area contributed by atoms with Crippen molar-refractivity contribution in [2.75, 3.05) is 0 Å². The Labute approximate surface area is 144 Å². The number of para-hydroxylation sites is 2. The number of rotatable bonds is 3. The molecule has 0 fully saturated rings. The number of hydrogen-bond acceptors (Lipinski definition) is 6. The summed E-state index contributed by atoms with van der Waals surface area (Å²) in [6.07, 6.45) is 0. The van der Waals surface area contributed by atoms with E-state index in [-0.39, 0.29) is 17.1 Å². The molecule has 6 heteroatoms. The van der Waals surface area contributed by atoms with Crippen LogP contribution in [0, 0.1) is 18.3 Å². The molecule has 0 aliphatic carbocycles. The van der Waals surface area contributed by atoms with Crippen molar-refractivity contribution >= 4 is 28.2 Å². The summed E-state index contributed by atoms with van der Waals surface area (Å²) >= 11 is 1.34. The van der Waals surface area contributed by atoms with E-state index in [4.69, 9.17) is 4.42 Å². The molecular formula is C18H17N3O2S. The molecule has 0 bridgehead atoms. The number of aryl methyl sites for hydroxylation is 1. The van der Waals surface area contributed by atoms with Gasteiger partial charge >= 0.3 is 0 Å². The Kier molecular flexibility index (Phi) is 3.98. The van der Waals surface area contributed by atoms with Crippen LogP contribution >= 0.6 is 11.3 Å². The first-order valence-electron chi connectivity index (χ1n) is 7.58. The smallest absolute Gasteiger partial charge is 0.220 e. The minimum atomic E-state index is -1.07. The number of benzene rings is 1. The molecule has 0 aliphatic heterocycles. The lowest BCUT2D eigenvalue weighted by Crippen LogP contribution is -2.11. The molecular weight excluding hydrogens is 322 g/mol. The number of fused-ring (bicyclic) bond motifs is 1. The Balaban J connectivity index is 2.01. The second-order valence-electron chi connectivity index (χ2n) is 6.63. The number of hydrogen-bond donors (Lipinski definition) is 0. The van der Waals surface area contributed by atoms with E-state index >= 15 is 0 Å². The summed E-state index contributed by atoms with van der Waals surface area (Å²) in [5.74, 6) is -1.24. The number of nitriles is 1. The Morgan fingerprint density at radius 1 is 1.29 bits per heavy atom. The van der Waals surface area contributed by atoms with E-state index in [1.165, 1.54) is 11.3 Å². The molecule has 0 spiro atoms. The first kappa shape index (κ1) is 16.3. The van der Waals surface area contributed by atoms with Gasteiger partial charge in [0.1, 0.15) is 5.52 Å². The molecule has 5 nitrogen and oxygen atoms in total. The molecule has 0 aliphatic rings. The third-order valence-electron chi connectivity index (χ3n) is 3.61. The van der Waals surface area contributed by atoms with Crippen LogP contribution in [0.15, 0.2) is 28.7 Å². The fraction of sp³-hybridized carbons (Fsp3) is 0.333. The van der Waals surface area contributed by atoms with Gasteiger partial charge < -0.3 is 4.42 Å². The predicted molar refractivity (Wildman–Crippen MR) is 92.2 cm³/mol. The third-order valence-corrected chi connectivity index (χ3v) is 5.21. The minimum absolute atomic E-state index is 0.133. The lowest BCUT2D eigenvalue weighted by atomic mass is 9.98. The van der Waals surface area contributed by atoms with Crippen LogP contribution in [0.5, 0.6) is 0 Å². The van der Waals surface area contributed by atoms with Gasteiger partial charge in [0.2, 0.25) is 11.7 Å². The van der Waals surface area contributed by atoms with Crippen molar-refractivity contribution < 1.29 is 9.21 Å². The molecule has 0 saturated carbocycles. The van der Waals surface area contributed by atoms with E-state index in [1.54, 1.807) is 19.1 Å². The maximum atomic E-state index is 12.9. The van der Waals surface area contributed by atoms with Gasteiger partial charge in [0.25, 0.3) is 0 Å². The second kappa shape index (κ2) is 5.84. The molecule has 1 aromatic carbocycles. The zero-order chi connectivity index (χ0) is 17.5. The summed E-state index contributed by atoms with van der Waals surface area (Å²) in [6.45, 7) is 7.92. The lowest BCUT2D eigenvalue weighted by molar-refractivity contribution is 0.0973. The van der Waals surface area contributed by atoms with Crippen LogP contribution in [0.3, 0.4) is 0 Å². The van der Waals surface area contributed by atoms with Crippen LogP contribution in [0.2, 0.25) is 0 Å². The van der Waals surface area contributed by atoms with Gasteiger partial charge in [-0.2, -0.15) is 5.26 Å². The molecule has 1 unspecified atom stereocenters. The molecule has 2 aromatic heterocycles. The number of ketones is 1. The fourth-order valence-corrected chi connectivity index (χ4v) is 3.41. The summed E-state index contributed by atoms with van der Waals surface area (Å²) in [6, 6.07) is 9.24. The molecule has 0 radical (unpaired) electrons. The monoisotopic (exact) mass is 339 g/mol. The minimum Gasteiger partial charge on any atom is -0.439 e. The highest BCUT2D eigenvalue weighted by atomic mass is 32.1. The molecule has 2 heterocycles. The topological polar surface area (TPSA) is 79.8 Å². The third kappa shape index (κ3) is 2.83. The van der Waals surface area contributed by atoms with Crippen molar-refractivity contribution in [2.24, 2.45) is 0 Å². The van der Waals surface area contributed by atoms with Gasteiger partial charge in [-0.25, -0.2) is 9.97 Å². The second-order valence-corrected chi connectivity index (χ2v) is 7.63. The number of aromatic nitrogens is 2. The quantitative estimate of drug-likeness (QED) is 0.662. The normalized spacial score (nSPS) is 13.0. The van der Waals surface area contributed by atoms with Gasteiger partial charge in [-0.15, -0.1) is 11.3 Å². The highest BCUT2D eigenvalue weighted by Crippen LogP contribution is 2.32. The van der Waals surface area contributed by atoms with Gasteiger partial charge in [0.15, 0.2) is 11.5 Å². The van der Waals surface area contributed by atoms with Crippen LogP contribution < -0.4 is 0 Å². The first-order chi connectivity index (χ1) is 11.3. The Morgan fingerprint density at radius 2 is 2.00 bits per heavy atom. The number of carbonyl (C=O) groups excluding carboxylic acids is 1. The highest BCUT2D eigenvalue weighted by Gasteiger charge is 2.31. The standard InChI is InChI=1S/C18H17N3O2S/c1-10-15(24-17(20-10)18(2,3)4)14(22)11(9-19)16-21-12-7-5-6-8-13(12)23-16/h5-8,11H,1-4H3. The van der Waals surface area contributed by atoms with Gasteiger partial charge in [0, 0.05) is 5.41 Å². The average molecular weight is 339 g/mol. The molecule has 3 aromatic rings. The fourth-order valence-electron chi connectivity index (χ4n) is 2.32. The molecule has 0 amide bonds. The largest absolute Gasteiger partial charge is 0.439 e. The molecule has 1 atom stereocenters. The van der Waals surface area contributed by atoms with Crippen LogP contribution in [0.4, 0.5) is 0 Å². The van der Waals surface area contributed by atoms with Crippen LogP contribution in [-0.4, -0.2) is 15.8 Å². The zero-order valence-corrected chi connectivity index (χ0v) is 14.8. The van der Waals surface area contributed by atoms with E-state index in [1.807, 2.05) is 39.0 Å². The van der Waals surface area contributed by atoms with E-state index in [9.17, 15) is 10.1 Å². The van der Waals surface area contributed by atoms with Crippen molar-refractivity contribution in [3.05, 3.63) is 45.7 Å². The molecule has 0 saturated heterocycles. The van der Waals surface area contributed by atoms with Crippen LogP contribution in [-0.2, 0) is 5.41 Å². The van der Waals surface area contributed by atoms with Crippen molar-refractivity contribution in [3.8, 4) is 6.07 Å². The molecule has 24 heavy (non-hydrogen) atoms. The van der Waals surface area contributed by atoms with Crippen molar-refractivity contribution in [1.82, 2.24) is 9.97 Å². The van der Waals surface area contributed by atoms with Crippen LogP contribution in [0.25, 0.3) is 11.1 Å². The lowest BCUT2D eigenvalue weighted by Gasteiger charge is -2.13. The van der Waals surface area contributed by atoms with Gasteiger partial charge in [-0.1, -0.05) is 32.9 Å². The van der Waals surface area contributed by atoms with E-state index in [2.05, 4.69) is 9.97 Å². The Hall–Kier alpha value is -2.52. The number of nitrogens with zero attached hydrogens (tertiary/aromatic N) is 3. The summed E-state index contributed by atoms with van der Waals surface area (Å²) in [5.41, 5.74) is 1.70. The Morgan fingerprint density at radius 3 is 2.58 bits per heavy atom. The molecule has 3 rings (SSSR count). The van der Waals surface area contributed by atoms with Crippen LogP contribution in [0.1, 0.15) is 53.0 Å². The summed E-state index contributed by atoms with van der Waals surface area (Å²) in [7, 11) is 0. The van der Waals surface area contributed by atoms with E-state index < -0.39 is 5.92 Å². The SMILES string of the molecule is Cc1nc(C(C)(C)C)sc1C(=O)C(C#N)c1nc2ccccc2o1. The average Bonchev–Trinajstić information content (AvgIpc) is 3.10. The van der Waals surface area contributed by atoms with Crippen molar-refractivity contribution in [1.29, 1.82) is 5.26 Å². The number of thiazole rings is 1. The Bertz CT molecular complexity index is 924. The van der Waals surface area contributed by atoms with E-state index in [0.717, 1.165) is 5.01 Å². The summed E-state index contributed by atoms with van der Waals surface area (Å²) in [4.78, 5) is 22.1. The predicted octanol–water partition coefficient (Wildman–Crippen LogP) is 4.38. The number of carbonyl (C=O) groups is 1. The summed E-state index contributed by atoms with van der Waals surface area (Å²) < 4.78 is 5.61. The summed E-state index contributed by atoms with van der Waals surface area (Å²) in [5, 5.41) is 10.4. The van der Waals surface area contributed by atoms with E-state index in [0.29, 0.717) is 21.7 Å². The number of Topliss-reactive ketones (excluding diaryl/α,β-unsaturated/α-hetero) is 1. The maximum absolute atomic E-state index is 12.9. The van der Waals surface area contributed by atoms with Gasteiger partial charge in [0.05, 0.1) is 21.6 Å². The molecule has 122 valence electrons. The van der Waals surface area contributed by atoms with Crippen molar-refractivity contribution in [2.45, 2.75) is 39.0 Å². The maximum Gasteiger partial charge on any atom is 0.220 e.